The number of hydrogen-bond acceptors (Lipinski definition) is 5. The van der Waals surface area contributed by atoms with Gasteiger partial charge in [-0.05, 0) is 26.0 Å². The molecule has 1 heterocycles. The normalized spacial score (nSPS) is 10.9. The number of para-hydroxylation sites is 1. The lowest BCUT2D eigenvalue weighted by Crippen LogP contribution is -2.34. The standard InChI is InChI=1S/C16H20N4O3/c1-4-20(14-10-15(21)19(3)16(22)18-14)17-11-12-8-6-7-9-13(12)23-5-2/h6-11H,4-5H2,1-3H3,(H,18,22)/b17-11-. The van der Waals surface area contributed by atoms with E-state index in [1.54, 1.807) is 11.2 Å². The number of anilines is 1. The fourth-order valence-electron chi connectivity index (χ4n) is 2.00. The number of ether oxygens (including phenoxy) is 1. The summed E-state index contributed by atoms with van der Waals surface area (Å²) >= 11 is 0. The second-order valence-corrected chi connectivity index (χ2v) is 4.79. The molecule has 0 atom stereocenters. The average Bonchev–Trinajstić information content (AvgIpc) is 2.54. The second-order valence-electron chi connectivity index (χ2n) is 4.79. The molecular formula is C16H20N4O3. The van der Waals surface area contributed by atoms with Gasteiger partial charge in [0.15, 0.2) is 0 Å². The molecule has 1 aromatic carbocycles. The van der Waals surface area contributed by atoms with Gasteiger partial charge in [0.25, 0.3) is 5.56 Å². The summed E-state index contributed by atoms with van der Waals surface area (Å²) in [6.07, 6.45) is 1.64. The van der Waals surface area contributed by atoms with E-state index in [9.17, 15) is 9.59 Å². The summed E-state index contributed by atoms with van der Waals surface area (Å²) in [7, 11) is 1.42. The van der Waals surface area contributed by atoms with Crippen LogP contribution in [0, 0.1) is 0 Å². The van der Waals surface area contributed by atoms with E-state index >= 15 is 0 Å². The maximum Gasteiger partial charge on any atom is 0.329 e. The highest BCUT2D eigenvalue weighted by Gasteiger charge is 2.07. The molecule has 7 heteroatoms. The SMILES string of the molecule is CCOc1ccccc1/C=N\N(CC)c1cc(=O)n(C)c(=O)[nH]1. The number of nitrogens with zero attached hydrogens (tertiary/aromatic N) is 3. The van der Waals surface area contributed by atoms with Crippen molar-refractivity contribution in [1.29, 1.82) is 0 Å². The van der Waals surface area contributed by atoms with E-state index in [0.717, 1.165) is 15.9 Å². The molecule has 122 valence electrons. The summed E-state index contributed by atoms with van der Waals surface area (Å²) in [5.41, 5.74) is -0.0398. The molecule has 1 aromatic heterocycles. The highest BCUT2D eigenvalue weighted by Crippen LogP contribution is 2.16. The molecule has 0 aliphatic carbocycles. The molecule has 0 saturated carbocycles. The van der Waals surface area contributed by atoms with E-state index in [2.05, 4.69) is 10.1 Å². The molecule has 2 aromatic rings. The Morgan fingerprint density at radius 3 is 2.70 bits per heavy atom. The van der Waals surface area contributed by atoms with Crippen LogP contribution in [0.3, 0.4) is 0 Å². The van der Waals surface area contributed by atoms with Crippen molar-refractivity contribution in [1.82, 2.24) is 9.55 Å². The van der Waals surface area contributed by atoms with Crippen LogP contribution in [0.1, 0.15) is 19.4 Å². The Hall–Kier alpha value is -2.83. The minimum Gasteiger partial charge on any atom is -0.493 e. The zero-order chi connectivity index (χ0) is 16.8. The summed E-state index contributed by atoms with van der Waals surface area (Å²) in [5, 5.41) is 5.89. The molecule has 0 unspecified atom stereocenters. The van der Waals surface area contributed by atoms with Crippen molar-refractivity contribution in [3.05, 3.63) is 56.7 Å². The minimum atomic E-state index is -0.476. The minimum absolute atomic E-state index is 0.353. The van der Waals surface area contributed by atoms with E-state index in [1.807, 2.05) is 38.1 Å². The zero-order valence-electron chi connectivity index (χ0n) is 13.4. The highest BCUT2D eigenvalue weighted by atomic mass is 16.5. The molecule has 0 amide bonds. The molecule has 2 rings (SSSR count). The van der Waals surface area contributed by atoms with Crippen molar-refractivity contribution in [2.24, 2.45) is 12.1 Å². The van der Waals surface area contributed by atoms with Crippen molar-refractivity contribution >= 4 is 12.0 Å². The third-order valence-corrected chi connectivity index (χ3v) is 3.26. The Labute approximate surface area is 133 Å². The van der Waals surface area contributed by atoms with Gasteiger partial charge in [0.1, 0.15) is 11.6 Å². The van der Waals surface area contributed by atoms with Crippen LogP contribution in [0.5, 0.6) is 5.75 Å². The van der Waals surface area contributed by atoms with E-state index in [0.29, 0.717) is 19.0 Å². The molecule has 7 nitrogen and oxygen atoms in total. The Morgan fingerprint density at radius 2 is 2.04 bits per heavy atom. The van der Waals surface area contributed by atoms with E-state index in [-0.39, 0.29) is 5.56 Å². The third kappa shape index (κ3) is 3.88. The van der Waals surface area contributed by atoms with Crippen LogP contribution in [0.2, 0.25) is 0 Å². The van der Waals surface area contributed by atoms with Crippen molar-refractivity contribution < 1.29 is 4.74 Å². The lowest BCUT2D eigenvalue weighted by Gasteiger charge is -2.16. The van der Waals surface area contributed by atoms with Gasteiger partial charge < -0.3 is 4.74 Å². The Balaban J connectivity index is 2.33. The number of hydrazone groups is 1. The van der Waals surface area contributed by atoms with Gasteiger partial charge >= 0.3 is 5.69 Å². The lowest BCUT2D eigenvalue weighted by molar-refractivity contribution is 0.340. The molecule has 0 aliphatic heterocycles. The summed E-state index contributed by atoms with van der Waals surface area (Å²) in [4.78, 5) is 26.1. The predicted molar refractivity (Wildman–Crippen MR) is 90.5 cm³/mol. The summed E-state index contributed by atoms with van der Waals surface area (Å²) < 4.78 is 6.55. The van der Waals surface area contributed by atoms with Crippen LogP contribution in [-0.4, -0.2) is 28.9 Å². The molecule has 0 saturated heterocycles. The first-order valence-corrected chi connectivity index (χ1v) is 7.40. The molecule has 0 spiro atoms. The maximum absolute atomic E-state index is 11.7. The molecular weight excluding hydrogens is 296 g/mol. The number of benzene rings is 1. The fourth-order valence-corrected chi connectivity index (χ4v) is 2.00. The third-order valence-electron chi connectivity index (χ3n) is 3.26. The largest absolute Gasteiger partial charge is 0.493 e. The number of hydrogen-bond donors (Lipinski definition) is 1. The molecule has 0 fully saturated rings. The van der Waals surface area contributed by atoms with E-state index < -0.39 is 5.69 Å². The van der Waals surface area contributed by atoms with Crippen LogP contribution < -0.4 is 21.0 Å². The van der Waals surface area contributed by atoms with Gasteiger partial charge in [-0.25, -0.2) is 9.80 Å². The molecule has 23 heavy (non-hydrogen) atoms. The van der Waals surface area contributed by atoms with Crippen molar-refractivity contribution in [2.75, 3.05) is 18.2 Å². The first-order chi connectivity index (χ1) is 11.1. The van der Waals surface area contributed by atoms with Crippen molar-refractivity contribution in [3.63, 3.8) is 0 Å². The second kappa shape index (κ2) is 7.44. The van der Waals surface area contributed by atoms with Crippen LogP contribution in [0.4, 0.5) is 5.82 Å². The fraction of sp³-hybridized carbons (Fsp3) is 0.312. The average molecular weight is 316 g/mol. The van der Waals surface area contributed by atoms with Gasteiger partial charge in [-0.1, -0.05) is 12.1 Å². The van der Waals surface area contributed by atoms with Crippen molar-refractivity contribution in [3.8, 4) is 5.75 Å². The van der Waals surface area contributed by atoms with E-state index in [1.165, 1.54) is 13.1 Å². The topological polar surface area (TPSA) is 79.7 Å². The smallest absolute Gasteiger partial charge is 0.329 e. The summed E-state index contributed by atoms with van der Waals surface area (Å²) in [5.74, 6) is 1.08. The van der Waals surface area contributed by atoms with Gasteiger partial charge in [-0.3, -0.25) is 14.3 Å². The molecule has 0 aliphatic rings. The number of nitrogens with one attached hydrogen (secondary N) is 1. The molecule has 0 bridgehead atoms. The van der Waals surface area contributed by atoms with Gasteiger partial charge in [0.2, 0.25) is 0 Å². The van der Waals surface area contributed by atoms with Gasteiger partial charge in [0.05, 0.1) is 12.8 Å². The van der Waals surface area contributed by atoms with Crippen LogP contribution >= 0.6 is 0 Å². The Bertz CT molecular complexity index is 776. The van der Waals surface area contributed by atoms with Crippen LogP contribution in [0.15, 0.2) is 45.0 Å². The first-order valence-electron chi connectivity index (χ1n) is 7.40. The molecule has 1 N–H and O–H groups in total. The quantitative estimate of drug-likeness (QED) is 0.644. The predicted octanol–water partition coefficient (Wildman–Crippen LogP) is 1.33. The molecule has 0 radical (unpaired) electrons. The zero-order valence-corrected chi connectivity index (χ0v) is 13.4. The number of H-pyrrole nitrogens is 1. The van der Waals surface area contributed by atoms with Gasteiger partial charge in [-0.15, -0.1) is 0 Å². The Kier molecular flexibility index (Phi) is 5.35. The summed E-state index contributed by atoms with van der Waals surface area (Å²) in [6.45, 7) is 4.85. The number of aromatic nitrogens is 2. The van der Waals surface area contributed by atoms with Crippen LogP contribution in [0.25, 0.3) is 0 Å². The maximum atomic E-state index is 11.7. The van der Waals surface area contributed by atoms with Gasteiger partial charge in [0, 0.05) is 25.2 Å². The number of rotatable bonds is 6. The van der Waals surface area contributed by atoms with E-state index in [4.69, 9.17) is 4.74 Å². The summed E-state index contributed by atoms with van der Waals surface area (Å²) in [6, 6.07) is 8.87. The lowest BCUT2D eigenvalue weighted by atomic mass is 10.2. The monoisotopic (exact) mass is 316 g/mol. The first kappa shape index (κ1) is 16.5. The van der Waals surface area contributed by atoms with Gasteiger partial charge in [-0.2, -0.15) is 5.10 Å². The van der Waals surface area contributed by atoms with Crippen LogP contribution in [-0.2, 0) is 7.05 Å². The number of aromatic amines is 1. The van der Waals surface area contributed by atoms with Crippen molar-refractivity contribution in [2.45, 2.75) is 13.8 Å². The highest BCUT2D eigenvalue weighted by molar-refractivity contribution is 5.84. The Morgan fingerprint density at radius 1 is 1.30 bits per heavy atom.